The standard InChI is InChI=1S/C12H12ClN/c1-9-7-14(8-10(9)2)12-5-3-4-11(13)6-12/h3-6H,1-2,7-8H2. The Morgan fingerprint density at radius 3 is 2.36 bits per heavy atom. The van der Waals surface area contributed by atoms with Gasteiger partial charge in [0, 0.05) is 23.8 Å². The summed E-state index contributed by atoms with van der Waals surface area (Å²) in [6.07, 6.45) is 0. The van der Waals surface area contributed by atoms with Gasteiger partial charge in [0.15, 0.2) is 0 Å². The van der Waals surface area contributed by atoms with Gasteiger partial charge in [0.05, 0.1) is 0 Å². The van der Waals surface area contributed by atoms with E-state index in [-0.39, 0.29) is 0 Å². The predicted octanol–water partition coefficient (Wildman–Crippen LogP) is 3.27. The molecule has 0 amide bonds. The highest BCUT2D eigenvalue weighted by molar-refractivity contribution is 6.30. The van der Waals surface area contributed by atoms with E-state index < -0.39 is 0 Å². The first kappa shape index (κ1) is 9.35. The normalized spacial score (nSPS) is 16.5. The molecule has 1 fully saturated rings. The summed E-state index contributed by atoms with van der Waals surface area (Å²) in [7, 11) is 0. The van der Waals surface area contributed by atoms with Crippen LogP contribution in [0, 0.1) is 0 Å². The Morgan fingerprint density at radius 2 is 1.79 bits per heavy atom. The lowest BCUT2D eigenvalue weighted by molar-refractivity contribution is 1.01. The number of hydrogen-bond acceptors (Lipinski definition) is 1. The topological polar surface area (TPSA) is 3.24 Å². The first-order valence-electron chi connectivity index (χ1n) is 4.53. The van der Waals surface area contributed by atoms with Crippen molar-refractivity contribution in [3.8, 4) is 0 Å². The van der Waals surface area contributed by atoms with Crippen molar-refractivity contribution in [2.24, 2.45) is 0 Å². The smallest absolute Gasteiger partial charge is 0.0430 e. The number of anilines is 1. The summed E-state index contributed by atoms with van der Waals surface area (Å²) in [6, 6.07) is 7.86. The molecular formula is C12H12ClN. The third-order valence-electron chi connectivity index (χ3n) is 2.44. The Bertz CT molecular complexity index is 379. The van der Waals surface area contributed by atoms with Gasteiger partial charge in [-0.05, 0) is 29.3 Å². The van der Waals surface area contributed by atoms with Crippen LogP contribution in [-0.4, -0.2) is 13.1 Å². The minimum atomic E-state index is 0.769. The van der Waals surface area contributed by atoms with E-state index in [1.54, 1.807) is 0 Å². The Balaban J connectivity index is 2.25. The van der Waals surface area contributed by atoms with E-state index in [9.17, 15) is 0 Å². The third-order valence-corrected chi connectivity index (χ3v) is 2.67. The number of benzene rings is 1. The highest BCUT2D eigenvalue weighted by Gasteiger charge is 2.18. The van der Waals surface area contributed by atoms with Crippen molar-refractivity contribution in [1.82, 2.24) is 0 Å². The van der Waals surface area contributed by atoms with Crippen molar-refractivity contribution >= 4 is 17.3 Å². The number of rotatable bonds is 1. The molecule has 2 rings (SSSR count). The highest BCUT2D eigenvalue weighted by Crippen LogP contribution is 2.26. The van der Waals surface area contributed by atoms with Gasteiger partial charge in [-0.25, -0.2) is 0 Å². The van der Waals surface area contributed by atoms with Crippen LogP contribution in [-0.2, 0) is 0 Å². The quantitative estimate of drug-likeness (QED) is 0.680. The van der Waals surface area contributed by atoms with E-state index in [2.05, 4.69) is 24.1 Å². The molecule has 0 spiro atoms. The molecule has 0 atom stereocenters. The number of halogens is 1. The van der Waals surface area contributed by atoms with Crippen molar-refractivity contribution in [3.05, 3.63) is 53.6 Å². The van der Waals surface area contributed by atoms with E-state index in [0.29, 0.717) is 0 Å². The van der Waals surface area contributed by atoms with Crippen LogP contribution in [0.1, 0.15) is 0 Å². The number of hydrogen-bond donors (Lipinski definition) is 0. The third kappa shape index (κ3) is 1.68. The molecule has 72 valence electrons. The minimum absolute atomic E-state index is 0.769. The molecule has 14 heavy (non-hydrogen) atoms. The zero-order valence-electron chi connectivity index (χ0n) is 7.96. The second kappa shape index (κ2) is 3.50. The molecule has 0 saturated carbocycles. The molecule has 0 N–H and O–H groups in total. The Hall–Kier alpha value is -1.21. The SMILES string of the molecule is C=C1CN(c2cccc(Cl)c2)CC1=C. The molecule has 1 aliphatic rings. The Labute approximate surface area is 89.3 Å². The van der Waals surface area contributed by atoms with Crippen LogP contribution in [0.25, 0.3) is 0 Å². The monoisotopic (exact) mass is 205 g/mol. The summed E-state index contributed by atoms with van der Waals surface area (Å²) in [5.74, 6) is 0. The average Bonchev–Trinajstić information content (AvgIpc) is 2.47. The summed E-state index contributed by atoms with van der Waals surface area (Å²) < 4.78 is 0. The zero-order chi connectivity index (χ0) is 10.1. The molecule has 0 aliphatic carbocycles. The fourth-order valence-corrected chi connectivity index (χ4v) is 1.78. The van der Waals surface area contributed by atoms with Crippen molar-refractivity contribution in [3.63, 3.8) is 0 Å². The van der Waals surface area contributed by atoms with Crippen LogP contribution in [0.15, 0.2) is 48.6 Å². The van der Waals surface area contributed by atoms with Gasteiger partial charge in [0.1, 0.15) is 0 Å². The lowest BCUT2D eigenvalue weighted by Crippen LogP contribution is -2.17. The summed E-state index contributed by atoms with van der Waals surface area (Å²) in [6.45, 7) is 9.64. The average molecular weight is 206 g/mol. The molecule has 1 aromatic carbocycles. The lowest BCUT2D eigenvalue weighted by Gasteiger charge is -2.16. The van der Waals surface area contributed by atoms with E-state index in [4.69, 9.17) is 11.6 Å². The molecule has 1 saturated heterocycles. The minimum Gasteiger partial charge on any atom is -0.363 e. The zero-order valence-corrected chi connectivity index (χ0v) is 8.72. The van der Waals surface area contributed by atoms with Crippen LogP contribution < -0.4 is 4.90 Å². The first-order chi connectivity index (χ1) is 6.66. The lowest BCUT2D eigenvalue weighted by atomic mass is 10.2. The fourth-order valence-electron chi connectivity index (χ4n) is 1.60. The van der Waals surface area contributed by atoms with Crippen molar-refractivity contribution in [2.75, 3.05) is 18.0 Å². The molecule has 2 heteroatoms. The molecule has 1 aromatic rings. The second-order valence-corrected chi connectivity index (χ2v) is 3.98. The van der Waals surface area contributed by atoms with Crippen molar-refractivity contribution in [2.45, 2.75) is 0 Å². The van der Waals surface area contributed by atoms with Gasteiger partial charge < -0.3 is 4.90 Å². The van der Waals surface area contributed by atoms with Crippen molar-refractivity contribution < 1.29 is 0 Å². The molecule has 0 bridgehead atoms. The van der Waals surface area contributed by atoms with Gasteiger partial charge in [0.2, 0.25) is 0 Å². The molecule has 1 nitrogen and oxygen atoms in total. The maximum absolute atomic E-state index is 5.92. The fraction of sp³-hybridized carbons (Fsp3) is 0.167. The van der Waals surface area contributed by atoms with Gasteiger partial charge in [0.25, 0.3) is 0 Å². The van der Waals surface area contributed by atoms with Crippen LogP contribution >= 0.6 is 11.6 Å². The predicted molar refractivity (Wildman–Crippen MR) is 61.9 cm³/mol. The molecule has 1 aliphatic heterocycles. The first-order valence-corrected chi connectivity index (χ1v) is 4.91. The van der Waals surface area contributed by atoms with E-state index in [0.717, 1.165) is 34.9 Å². The molecule has 0 aromatic heterocycles. The van der Waals surface area contributed by atoms with E-state index in [1.165, 1.54) is 0 Å². The summed E-state index contributed by atoms with van der Waals surface area (Å²) >= 11 is 5.92. The molecule has 0 unspecified atom stereocenters. The van der Waals surface area contributed by atoms with Gasteiger partial charge in [-0.1, -0.05) is 30.8 Å². The molecule has 1 heterocycles. The second-order valence-electron chi connectivity index (χ2n) is 3.54. The largest absolute Gasteiger partial charge is 0.363 e. The highest BCUT2D eigenvalue weighted by atomic mass is 35.5. The number of nitrogens with zero attached hydrogens (tertiary/aromatic N) is 1. The van der Waals surface area contributed by atoms with Gasteiger partial charge in [-0.15, -0.1) is 0 Å². The summed E-state index contributed by atoms with van der Waals surface area (Å²) in [5.41, 5.74) is 3.37. The maximum atomic E-state index is 5.92. The van der Waals surface area contributed by atoms with Crippen LogP contribution in [0.3, 0.4) is 0 Å². The molecular weight excluding hydrogens is 194 g/mol. The van der Waals surface area contributed by atoms with E-state index >= 15 is 0 Å². The van der Waals surface area contributed by atoms with Gasteiger partial charge in [-0.2, -0.15) is 0 Å². The van der Waals surface area contributed by atoms with E-state index in [1.807, 2.05) is 18.2 Å². The van der Waals surface area contributed by atoms with Crippen LogP contribution in [0.4, 0.5) is 5.69 Å². The molecule has 0 radical (unpaired) electrons. The Kier molecular flexibility index (Phi) is 2.34. The van der Waals surface area contributed by atoms with Gasteiger partial charge >= 0.3 is 0 Å². The Morgan fingerprint density at radius 1 is 1.14 bits per heavy atom. The summed E-state index contributed by atoms with van der Waals surface area (Å²) in [5, 5.41) is 0.769. The van der Waals surface area contributed by atoms with Crippen LogP contribution in [0.5, 0.6) is 0 Å². The van der Waals surface area contributed by atoms with Gasteiger partial charge in [-0.3, -0.25) is 0 Å². The van der Waals surface area contributed by atoms with Crippen LogP contribution in [0.2, 0.25) is 5.02 Å². The maximum Gasteiger partial charge on any atom is 0.0430 e. The summed E-state index contributed by atoms with van der Waals surface area (Å²) in [4.78, 5) is 2.22. The van der Waals surface area contributed by atoms with Crippen molar-refractivity contribution in [1.29, 1.82) is 0 Å².